The quantitative estimate of drug-likeness (QED) is 0.752. The first kappa shape index (κ1) is 20.3. The lowest BCUT2D eigenvalue weighted by Crippen LogP contribution is -2.33. The number of benzene rings is 2. The van der Waals surface area contributed by atoms with E-state index in [4.69, 9.17) is 14.2 Å². The number of ether oxygens (including phenoxy) is 3. The third-order valence-corrected chi connectivity index (χ3v) is 4.86. The van der Waals surface area contributed by atoms with Crippen molar-refractivity contribution in [2.45, 2.75) is 24.9 Å². The fourth-order valence-electron chi connectivity index (χ4n) is 2.88. The predicted molar refractivity (Wildman–Crippen MR) is 105 cm³/mol. The van der Waals surface area contributed by atoms with E-state index in [-0.39, 0.29) is 18.1 Å². The maximum Gasteiger partial charge on any atom is 0.322 e. The van der Waals surface area contributed by atoms with Crippen LogP contribution in [0.15, 0.2) is 53.0 Å². The van der Waals surface area contributed by atoms with Crippen molar-refractivity contribution in [1.82, 2.24) is 5.32 Å². The van der Waals surface area contributed by atoms with Crippen LogP contribution in [0.1, 0.15) is 24.4 Å². The number of para-hydroxylation sites is 2. The Morgan fingerprint density at radius 3 is 2.15 bits per heavy atom. The molecule has 0 amide bonds. The lowest BCUT2D eigenvalue weighted by atomic mass is 10.0. The van der Waals surface area contributed by atoms with Crippen molar-refractivity contribution in [2.75, 3.05) is 21.3 Å². The Hall–Kier alpha value is -2.05. The molecule has 1 fully saturated rings. The van der Waals surface area contributed by atoms with E-state index in [0.717, 1.165) is 34.4 Å². The molecule has 0 aliphatic carbocycles. The number of halogens is 1. The molecule has 3 rings (SSSR count). The molecule has 0 aromatic heterocycles. The van der Waals surface area contributed by atoms with E-state index in [0.29, 0.717) is 0 Å². The molecule has 1 N–H and O–H groups in total. The van der Waals surface area contributed by atoms with Gasteiger partial charge in [0, 0.05) is 11.6 Å². The first-order chi connectivity index (χ1) is 12.6. The second-order valence-electron chi connectivity index (χ2n) is 5.75. The van der Waals surface area contributed by atoms with Gasteiger partial charge in [-0.15, -0.1) is 0 Å². The molecule has 2 aromatic carbocycles. The van der Waals surface area contributed by atoms with Gasteiger partial charge in [-0.25, -0.2) is 0 Å². The van der Waals surface area contributed by atoms with E-state index in [9.17, 15) is 4.79 Å². The molecule has 1 heterocycles. The Labute approximate surface area is 162 Å². The number of hydrogen-bond acceptors (Lipinski definition) is 5. The fourth-order valence-corrected chi connectivity index (χ4v) is 3.33. The molecular formula is C20H24BrNO4. The molecule has 1 aliphatic rings. The summed E-state index contributed by atoms with van der Waals surface area (Å²) in [6.07, 6.45) is 1.72. The molecule has 0 saturated carbocycles. The molecule has 5 nitrogen and oxygen atoms in total. The van der Waals surface area contributed by atoms with Gasteiger partial charge in [0.05, 0.1) is 25.8 Å². The van der Waals surface area contributed by atoms with Crippen molar-refractivity contribution in [3.8, 4) is 11.5 Å². The van der Waals surface area contributed by atoms with Crippen LogP contribution in [0.2, 0.25) is 0 Å². The van der Waals surface area contributed by atoms with E-state index >= 15 is 0 Å². The summed E-state index contributed by atoms with van der Waals surface area (Å²) in [5.74, 6) is 1.54. The Kier molecular flexibility index (Phi) is 7.94. The van der Waals surface area contributed by atoms with Crippen molar-refractivity contribution >= 4 is 21.9 Å². The second kappa shape index (κ2) is 10.2. The molecule has 2 aromatic rings. The highest BCUT2D eigenvalue weighted by Crippen LogP contribution is 2.32. The second-order valence-corrected chi connectivity index (χ2v) is 6.60. The fraction of sp³-hybridized carbons (Fsp3) is 0.350. The Morgan fingerprint density at radius 1 is 0.962 bits per heavy atom. The number of hydrogen-bond donors (Lipinski definition) is 1. The predicted octanol–water partition coefficient (Wildman–Crippen LogP) is 4.12. The van der Waals surface area contributed by atoms with Crippen molar-refractivity contribution in [3.05, 3.63) is 58.6 Å². The summed E-state index contributed by atoms with van der Waals surface area (Å²) in [4.78, 5) is 11.4. The molecule has 6 heteroatoms. The Bertz CT molecular complexity index is 722. The first-order valence-electron chi connectivity index (χ1n) is 8.36. The van der Waals surface area contributed by atoms with Crippen LogP contribution >= 0.6 is 15.9 Å². The van der Waals surface area contributed by atoms with Crippen LogP contribution in [0, 0.1) is 0 Å². The van der Waals surface area contributed by atoms with Gasteiger partial charge in [-0.3, -0.25) is 10.1 Å². The molecular weight excluding hydrogens is 398 g/mol. The largest absolute Gasteiger partial charge is 0.496 e. The number of esters is 1. The average Bonchev–Trinajstić information content (AvgIpc) is 3.18. The van der Waals surface area contributed by atoms with Gasteiger partial charge >= 0.3 is 5.97 Å². The van der Waals surface area contributed by atoms with E-state index in [1.54, 1.807) is 14.2 Å². The monoisotopic (exact) mass is 421 g/mol. The van der Waals surface area contributed by atoms with Crippen LogP contribution in [0.3, 0.4) is 0 Å². The summed E-state index contributed by atoms with van der Waals surface area (Å²) in [5.41, 5.74) is 1.10. The van der Waals surface area contributed by atoms with Crippen molar-refractivity contribution in [1.29, 1.82) is 0 Å². The van der Waals surface area contributed by atoms with Gasteiger partial charge in [0.25, 0.3) is 0 Å². The highest BCUT2D eigenvalue weighted by atomic mass is 79.9. The van der Waals surface area contributed by atoms with Crippen molar-refractivity contribution < 1.29 is 19.0 Å². The van der Waals surface area contributed by atoms with Gasteiger partial charge in [0.1, 0.15) is 17.5 Å². The zero-order chi connectivity index (χ0) is 18.9. The highest BCUT2D eigenvalue weighted by Gasteiger charge is 2.31. The molecule has 0 spiro atoms. The van der Waals surface area contributed by atoms with Crippen LogP contribution in [-0.4, -0.2) is 33.3 Å². The van der Waals surface area contributed by atoms with Crippen molar-refractivity contribution in [2.24, 2.45) is 0 Å². The van der Waals surface area contributed by atoms with Gasteiger partial charge in [-0.05, 0) is 47.0 Å². The van der Waals surface area contributed by atoms with Gasteiger partial charge in [0.2, 0.25) is 0 Å². The minimum Gasteiger partial charge on any atom is -0.496 e. The lowest BCUT2D eigenvalue weighted by Gasteiger charge is -2.16. The SMILES string of the molecule is COC(=O)[C@@H]1CCC(c2ccccc2OC)N1.COc1ccccc1Br. The molecule has 140 valence electrons. The van der Waals surface area contributed by atoms with Gasteiger partial charge in [0.15, 0.2) is 0 Å². The summed E-state index contributed by atoms with van der Waals surface area (Å²) in [5, 5.41) is 3.28. The maximum atomic E-state index is 11.4. The van der Waals surface area contributed by atoms with Crippen LogP contribution in [-0.2, 0) is 9.53 Å². The molecule has 2 atom stereocenters. The zero-order valence-electron chi connectivity index (χ0n) is 15.2. The van der Waals surface area contributed by atoms with Crippen LogP contribution in [0.25, 0.3) is 0 Å². The maximum absolute atomic E-state index is 11.4. The van der Waals surface area contributed by atoms with Crippen LogP contribution in [0.4, 0.5) is 0 Å². The van der Waals surface area contributed by atoms with E-state index < -0.39 is 0 Å². The first-order valence-corrected chi connectivity index (χ1v) is 9.15. The average molecular weight is 422 g/mol. The molecule has 26 heavy (non-hydrogen) atoms. The number of carbonyl (C=O) groups excluding carboxylic acids is 1. The van der Waals surface area contributed by atoms with Crippen molar-refractivity contribution in [3.63, 3.8) is 0 Å². The topological polar surface area (TPSA) is 56.8 Å². The smallest absolute Gasteiger partial charge is 0.322 e. The molecule has 1 aliphatic heterocycles. The number of methoxy groups -OCH3 is 3. The summed E-state index contributed by atoms with van der Waals surface area (Å²) >= 11 is 3.33. The zero-order valence-corrected chi connectivity index (χ0v) is 16.8. The van der Waals surface area contributed by atoms with Gasteiger partial charge < -0.3 is 14.2 Å². The Morgan fingerprint density at radius 2 is 1.58 bits per heavy atom. The summed E-state index contributed by atoms with van der Waals surface area (Å²) in [7, 11) is 4.73. The third-order valence-electron chi connectivity index (χ3n) is 4.20. The number of rotatable bonds is 4. The van der Waals surface area contributed by atoms with E-state index in [1.165, 1.54) is 7.11 Å². The third kappa shape index (κ3) is 5.22. The molecule has 0 bridgehead atoms. The van der Waals surface area contributed by atoms with Gasteiger partial charge in [-0.2, -0.15) is 0 Å². The Balaban J connectivity index is 0.000000228. The summed E-state index contributed by atoms with van der Waals surface area (Å²) < 4.78 is 16.1. The molecule has 1 unspecified atom stereocenters. The van der Waals surface area contributed by atoms with E-state index in [2.05, 4.69) is 21.2 Å². The number of nitrogens with one attached hydrogen (secondary N) is 1. The standard InChI is InChI=1S/C13H17NO3.C7H7BrO/c1-16-12-6-4-3-5-9(12)10-7-8-11(14-10)13(15)17-2;1-9-7-5-3-2-4-6(7)8/h3-6,10-11,14H,7-8H2,1-2H3;2-5H,1H3/t10?,11-;/m0./s1. The highest BCUT2D eigenvalue weighted by molar-refractivity contribution is 9.10. The van der Waals surface area contributed by atoms with E-state index in [1.807, 2.05) is 48.5 Å². The lowest BCUT2D eigenvalue weighted by molar-refractivity contribution is -0.142. The van der Waals surface area contributed by atoms with Crippen LogP contribution in [0.5, 0.6) is 11.5 Å². The number of carbonyl (C=O) groups is 1. The normalized spacial score (nSPS) is 18.5. The van der Waals surface area contributed by atoms with Crippen LogP contribution < -0.4 is 14.8 Å². The minimum atomic E-state index is -0.199. The summed E-state index contributed by atoms with van der Waals surface area (Å²) in [6.45, 7) is 0. The minimum absolute atomic E-state index is 0.162. The molecule has 0 radical (unpaired) electrons. The molecule has 1 saturated heterocycles. The summed E-state index contributed by atoms with van der Waals surface area (Å²) in [6, 6.07) is 15.6. The van der Waals surface area contributed by atoms with Gasteiger partial charge in [-0.1, -0.05) is 30.3 Å².